The van der Waals surface area contributed by atoms with Gasteiger partial charge in [0.15, 0.2) is 0 Å². The number of anilines is 2. The maximum Gasteiger partial charge on any atom is 0.263 e. The Morgan fingerprint density at radius 2 is 1.82 bits per heavy atom. The molecule has 7 heteroatoms. The minimum absolute atomic E-state index is 0.0561. The number of fused-ring (bicyclic) bond motifs is 1. The number of carbonyl (C=O) groups excluding carboxylic acids is 1. The molecule has 1 amide bonds. The zero-order valence-corrected chi connectivity index (χ0v) is 19.7. The van der Waals surface area contributed by atoms with Crippen molar-refractivity contribution in [2.45, 2.75) is 46.0 Å². The van der Waals surface area contributed by atoms with E-state index in [-0.39, 0.29) is 12.3 Å². The van der Waals surface area contributed by atoms with Crippen LogP contribution >= 0.6 is 0 Å². The summed E-state index contributed by atoms with van der Waals surface area (Å²) in [6.45, 7) is 5.89. The number of piperidine rings is 1. The molecule has 7 nitrogen and oxygen atoms in total. The molecule has 0 saturated carbocycles. The Kier molecular flexibility index (Phi) is 6.25. The second-order valence-electron chi connectivity index (χ2n) is 8.96. The van der Waals surface area contributed by atoms with Crippen LogP contribution in [0.3, 0.4) is 0 Å². The first kappa shape index (κ1) is 22.1. The van der Waals surface area contributed by atoms with Crippen LogP contribution < -0.4 is 10.2 Å². The molecule has 1 N–H and O–H groups in total. The van der Waals surface area contributed by atoms with Crippen LogP contribution in [0, 0.1) is 13.8 Å². The molecule has 0 spiro atoms. The third-order valence-electron chi connectivity index (χ3n) is 6.31. The third kappa shape index (κ3) is 4.64. The van der Waals surface area contributed by atoms with E-state index in [4.69, 9.17) is 9.51 Å². The molecule has 1 fully saturated rings. The smallest absolute Gasteiger partial charge is 0.263 e. The van der Waals surface area contributed by atoms with E-state index in [2.05, 4.69) is 20.4 Å². The summed E-state index contributed by atoms with van der Waals surface area (Å²) < 4.78 is 5.68. The van der Waals surface area contributed by atoms with Gasteiger partial charge in [-0.15, -0.1) is 0 Å². The topological polar surface area (TPSA) is 84.2 Å². The molecule has 3 heterocycles. The van der Waals surface area contributed by atoms with Crippen molar-refractivity contribution >= 4 is 28.5 Å². The van der Waals surface area contributed by atoms with Crippen LogP contribution in [0.15, 0.2) is 53.1 Å². The number of rotatable bonds is 6. The second-order valence-corrected chi connectivity index (χ2v) is 8.96. The van der Waals surface area contributed by atoms with Gasteiger partial charge in [0, 0.05) is 37.2 Å². The number of aromatic nitrogens is 3. The summed E-state index contributed by atoms with van der Waals surface area (Å²) in [6.07, 6.45) is 4.20. The molecule has 0 aliphatic carbocycles. The Labute approximate surface area is 199 Å². The van der Waals surface area contributed by atoms with Crippen molar-refractivity contribution in [3.05, 3.63) is 65.5 Å². The van der Waals surface area contributed by atoms with Crippen LogP contribution in [0.5, 0.6) is 0 Å². The molecule has 2 aromatic carbocycles. The molecule has 0 atom stereocenters. The summed E-state index contributed by atoms with van der Waals surface area (Å²) in [5.74, 6) is 1.40. The molecule has 1 aliphatic rings. The summed E-state index contributed by atoms with van der Waals surface area (Å²) in [4.78, 5) is 24.5. The Morgan fingerprint density at radius 1 is 1.03 bits per heavy atom. The predicted molar refractivity (Wildman–Crippen MR) is 134 cm³/mol. The van der Waals surface area contributed by atoms with E-state index in [9.17, 15) is 4.79 Å². The zero-order valence-electron chi connectivity index (χ0n) is 19.7. The summed E-state index contributed by atoms with van der Waals surface area (Å²) in [5, 5.41) is 8.21. The molecule has 4 aromatic rings. The van der Waals surface area contributed by atoms with E-state index in [1.165, 1.54) is 6.42 Å². The summed E-state index contributed by atoms with van der Waals surface area (Å²) in [7, 11) is 0. The van der Waals surface area contributed by atoms with E-state index < -0.39 is 0 Å². The molecule has 0 unspecified atom stereocenters. The van der Waals surface area contributed by atoms with E-state index in [1.807, 2.05) is 62.4 Å². The number of benzene rings is 2. The zero-order chi connectivity index (χ0) is 23.5. The van der Waals surface area contributed by atoms with Crippen molar-refractivity contribution in [1.29, 1.82) is 0 Å². The third-order valence-corrected chi connectivity index (χ3v) is 6.31. The predicted octanol–water partition coefficient (Wildman–Crippen LogP) is 5.46. The van der Waals surface area contributed by atoms with Crippen LogP contribution in [0.4, 0.5) is 11.5 Å². The molecule has 174 valence electrons. The van der Waals surface area contributed by atoms with Gasteiger partial charge in [-0.25, -0.2) is 4.98 Å². The van der Waals surface area contributed by atoms with Crippen molar-refractivity contribution in [2.75, 3.05) is 23.3 Å². The number of carbonyl (C=O) groups is 1. The molecule has 2 aromatic heterocycles. The van der Waals surface area contributed by atoms with Crippen molar-refractivity contribution in [1.82, 2.24) is 15.1 Å². The van der Waals surface area contributed by atoms with Gasteiger partial charge in [0.25, 0.3) is 5.71 Å². The lowest BCUT2D eigenvalue weighted by atomic mass is 10.1. The standard InChI is InChI=1S/C27H29N5O2/c1-18-11-12-19(2)21(17-18)28-23(33)14-13-22-29-26(32-15-7-4-8-16-32)24-25(31-34-27(24)30-22)20-9-5-3-6-10-20/h3,5-6,9-12,17H,4,7-8,13-16H2,1-2H3,(H,28,33). The highest BCUT2D eigenvalue weighted by Crippen LogP contribution is 2.34. The monoisotopic (exact) mass is 455 g/mol. The number of amides is 1. The van der Waals surface area contributed by atoms with Gasteiger partial charge in [0.1, 0.15) is 22.7 Å². The van der Waals surface area contributed by atoms with E-state index >= 15 is 0 Å². The van der Waals surface area contributed by atoms with Gasteiger partial charge >= 0.3 is 0 Å². The maximum absolute atomic E-state index is 12.7. The lowest BCUT2D eigenvalue weighted by Gasteiger charge is -2.28. The van der Waals surface area contributed by atoms with Gasteiger partial charge in [0.2, 0.25) is 5.91 Å². The molecule has 5 rings (SSSR count). The number of nitrogens with one attached hydrogen (secondary N) is 1. The van der Waals surface area contributed by atoms with E-state index in [1.54, 1.807) is 0 Å². The largest absolute Gasteiger partial charge is 0.356 e. The van der Waals surface area contributed by atoms with Gasteiger partial charge in [-0.05, 0) is 50.3 Å². The number of hydrogen-bond donors (Lipinski definition) is 1. The number of hydrogen-bond acceptors (Lipinski definition) is 6. The quantitative estimate of drug-likeness (QED) is 0.415. The van der Waals surface area contributed by atoms with Crippen molar-refractivity contribution in [3.63, 3.8) is 0 Å². The first-order valence-corrected chi connectivity index (χ1v) is 11.9. The lowest BCUT2D eigenvalue weighted by Crippen LogP contribution is -2.30. The van der Waals surface area contributed by atoms with Gasteiger partial charge in [-0.1, -0.05) is 47.6 Å². The fraction of sp³-hybridized carbons (Fsp3) is 0.333. The summed E-state index contributed by atoms with van der Waals surface area (Å²) in [6, 6.07) is 16.0. The van der Waals surface area contributed by atoms with Crippen LogP contribution in [0.1, 0.15) is 42.6 Å². The van der Waals surface area contributed by atoms with Crippen LogP contribution in [-0.2, 0) is 11.2 Å². The molecule has 1 saturated heterocycles. The highest BCUT2D eigenvalue weighted by Gasteiger charge is 2.24. The van der Waals surface area contributed by atoms with Gasteiger partial charge in [-0.2, -0.15) is 4.98 Å². The fourth-order valence-corrected chi connectivity index (χ4v) is 4.43. The van der Waals surface area contributed by atoms with Gasteiger partial charge in [-0.3, -0.25) is 4.79 Å². The minimum atomic E-state index is -0.0561. The normalized spacial score (nSPS) is 13.9. The number of aryl methyl sites for hydroxylation is 3. The van der Waals surface area contributed by atoms with E-state index in [0.29, 0.717) is 18.0 Å². The fourth-order valence-electron chi connectivity index (χ4n) is 4.43. The van der Waals surface area contributed by atoms with Crippen LogP contribution in [0.25, 0.3) is 22.4 Å². The molecular weight excluding hydrogens is 426 g/mol. The average molecular weight is 456 g/mol. The van der Waals surface area contributed by atoms with Crippen molar-refractivity contribution in [3.8, 4) is 11.3 Å². The maximum atomic E-state index is 12.7. The van der Waals surface area contributed by atoms with E-state index in [0.717, 1.165) is 65.2 Å². The Bertz CT molecular complexity index is 1310. The average Bonchev–Trinajstić information content (AvgIpc) is 3.30. The first-order valence-electron chi connectivity index (χ1n) is 11.9. The molecular formula is C27H29N5O2. The Morgan fingerprint density at radius 3 is 2.62 bits per heavy atom. The van der Waals surface area contributed by atoms with Gasteiger partial charge < -0.3 is 14.7 Å². The SMILES string of the molecule is Cc1ccc(C)c(NC(=O)CCc2nc(N3CCCCC3)c3c(-c4ccccc4)noc3n2)c1. The molecule has 0 bridgehead atoms. The Balaban J connectivity index is 1.43. The Hall–Kier alpha value is -3.74. The number of nitrogens with zero attached hydrogens (tertiary/aromatic N) is 4. The summed E-state index contributed by atoms with van der Waals surface area (Å²) in [5.41, 5.74) is 5.20. The highest BCUT2D eigenvalue weighted by molar-refractivity contribution is 5.98. The molecule has 1 aliphatic heterocycles. The minimum Gasteiger partial charge on any atom is -0.356 e. The highest BCUT2D eigenvalue weighted by atomic mass is 16.5. The van der Waals surface area contributed by atoms with Crippen LogP contribution in [0.2, 0.25) is 0 Å². The lowest BCUT2D eigenvalue weighted by molar-refractivity contribution is -0.116. The van der Waals surface area contributed by atoms with Crippen molar-refractivity contribution in [2.24, 2.45) is 0 Å². The van der Waals surface area contributed by atoms with Gasteiger partial charge in [0.05, 0.1) is 0 Å². The van der Waals surface area contributed by atoms with Crippen molar-refractivity contribution < 1.29 is 9.32 Å². The second kappa shape index (κ2) is 9.63. The summed E-state index contributed by atoms with van der Waals surface area (Å²) >= 11 is 0. The molecule has 34 heavy (non-hydrogen) atoms. The van der Waals surface area contributed by atoms with Crippen LogP contribution in [-0.4, -0.2) is 34.1 Å². The first-order chi connectivity index (χ1) is 16.6. The molecule has 0 radical (unpaired) electrons.